The zero-order valence-corrected chi connectivity index (χ0v) is 12.9. The van der Waals surface area contributed by atoms with Crippen LogP contribution in [-0.4, -0.2) is 23.2 Å². The lowest BCUT2D eigenvalue weighted by molar-refractivity contribution is 0.312. The van der Waals surface area contributed by atoms with Crippen molar-refractivity contribution in [2.24, 2.45) is 5.92 Å². The summed E-state index contributed by atoms with van der Waals surface area (Å²) in [6.07, 6.45) is 4.02. The summed E-state index contributed by atoms with van der Waals surface area (Å²) in [6.45, 7) is 2.20. The first kappa shape index (κ1) is 13.8. The maximum atomic E-state index is 5.38. The van der Waals surface area contributed by atoms with E-state index < -0.39 is 0 Å². The number of nitrogens with zero attached hydrogens (tertiary/aromatic N) is 2. The Morgan fingerprint density at radius 1 is 1.30 bits per heavy atom. The summed E-state index contributed by atoms with van der Waals surface area (Å²) in [5, 5.41) is 7.46. The van der Waals surface area contributed by atoms with Crippen molar-refractivity contribution in [2.75, 3.05) is 13.1 Å². The maximum Gasteiger partial charge on any atom is 0.226 e. The van der Waals surface area contributed by atoms with E-state index in [1.807, 2.05) is 12.1 Å². The van der Waals surface area contributed by atoms with Gasteiger partial charge in [-0.15, -0.1) is 0 Å². The summed E-state index contributed by atoms with van der Waals surface area (Å²) in [7, 11) is 0. The van der Waals surface area contributed by atoms with Crippen molar-refractivity contribution < 1.29 is 4.52 Å². The molecule has 1 fully saturated rings. The third-order valence-electron chi connectivity index (χ3n) is 3.68. The molecule has 106 valence electrons. The molecule has 0 atom stereocenters. The number of aromatic nitrogens is 2. The van der Waals surface area contributed by atoms with Crippen molar-refractivity contribution in [1.82, 2.24) is 15.5 Å². The topological polar surface area (TPSA) is 51.0 Å². The quantitative estimate of drug-likeness (QED) is 0.933. The van der Waals surface area contributed by atoms with Crippen LogP contribution < -0.4 is 5.32 Å². The molecule has 5 heteroatoms. The van der Waals surface area contributed by atoms with Gasteiger partial charge < -0.3 is 9.84 Å². The number of hydrogen-bond donors (Lipinski definition) is 1. The lowest BCUT2D eigenvalue weighted by Crippen LogP contribution is -2.28. The van der Waals surface area contributed by atoms with Gasteiger partial charge in [0.15, 0.2) is 5.82 Å². The van der Waals surface area contributed by atoms with Crippen molar-refractivity contribution in [3.05, 3.63) is 46.0 Å². The number of piperidine rings is 1. The molecule has 0 amide bonds. The number of nitrogens with one attached hydrogen (secondary N) is 1. The van der Waals surface area contributed by atoms with Gasteiger partial charge in [-0.1, -0.05) is 33.2 Å². The minimum atomic E-state index is 0.676. The van der Waals surface area contributed by atoms with Crippen LogP contribution in [0, 0.1) is 5.92 Å². The molecule has 0 unspecified atom stereocenters. The van der Waals surface area contributed by atoms with Crippen LogP contribution in [0.2, 0.25) is 0 Å². The van der Waals surface area contributed by atoms with E-state index in [0.29, 0.717) is 5.92 Å². The van der Waals surface area contributed by atoms with Crippen molar-refractivity contribution in [1.29, 1.82) is 0 Å². The number of hydrogen-bond acceptors (Lipinski definition) is 4. The van der Waals surface area contributed by atoms with Crippen LogP contribution >= 0.6 is 15.9 Å². The van der Waals surface area contributed by atoms with Crippen LogP contribution in [0.15, 0.2) is 33.3 Å². The number of halogens is 1. The van der Waals surface area contributed by atoms with Gasteiger partial charge >= 0.3 is 0 Å². The maximum absolute atomic E-state index is 5.38. The summed E-state index contributed by atoms with van der Waals surface area (Å²) in [4.78, 5) is 4.52. The zero-order valence-electron chi connectivity index (χ0n) is 11.3. The molecule has 1 aliphatic heterocycles. The smallest absolute Gasteiger partial charge is 0.226 e. The first-order valence-corrected chi connectivity index (χ1v) is 7.85. The highest BCUT2D eigenvalue weighted by molar-refractivity contribution is 9.10. The predicted molar refractivity (Wildman–Crippen MR) is 80.5 cm³/mol. The van der Waals surface area contributed by atoms with Crippen molar-refractivity contribution in [2.45, 2.75) is 25.7 Å². The predicted octanol–water partition coefficient (Wildman–Crippen LogP) is 2.97. The SMILES string of the molecule is Brc1cccc(Cc2noc(CC3CCNCC3)n2)c1. The number of benzene rings is 1. The molecule has 1 aromatic heterocycles. The summed E-state index contributed by atoms with van der Waals surface area (Å²) in [6, 6.07) is 8.20. The van der Waals surface area contributed by atoms with E-state index in [1.165, 1.54) is 18.4 Å². The van der Waals surface area contributed by atoms with Crippen molar-refractivity contribution >= 4 is 15.9 Å². The molecule has 1 saturated heterocycles. The first-order chi connectivity index (χ1) is 9.79. The molecule has 2 heterocycles. The highest BCUT2D eigenvalue weighted by atomic mass is 79.9. The Bertz CT molecular complexity index is 564. The standard InChI is InChI=1S/C15H18BrN3O/c16-13-3-1-2-12(8-13)9-14-18-15(20-19-14)10-11-4-6-17-7-5-11/h1-3,8,11,17H,4-7,9-10H2. The van der Waals surface area contributed by atoms with E-state index in [4.69, 9.17) is 4.52 Å². The third-order valence-corrected chi connectivity index (χ3v) is 4.18. The summed E-state index contributed by atoms with van der Waals surface area (Å²) >= 11 is 3.48. The zero-order chi connectivity index (χ0) is 13.8. The molecule has 0 aliphatic carbocycles. The van der Waals surface area contributed by atoms with Gasteiger partial charge in [0.1, 0.15) is 0 Å². The molecule has 1 aromatic carbocycles. The minimum absolute atomic E-state index is 0.676. The van der Waals surface area contributed by atoms with Crippen LogP contribution in [0.4, 0.5) is 0 Å². The Hall–Kier alpha value is -1.20. The van der Waals surface area contributed by atoms with Crippen LogP contribution in [0.3, 0.4) is 0 Å². The molecule has 3 rings (SSSR count). The van der Waals surface area contributed by atoms with E-state index >= 15 is 0 Å². The van der Waals surface area contributed by atoms with Gasteiger partial charge in [0.25, 0.3) is 0 Å². The molecule has 4 nitrogen and oxygen atoms in total. The van der Waals surface area contributed by atoms with Crippen LogP contribution in [0.1, 0.15) is 30.1 Å². The highest BCUT2D eigenvalue weighted by Crippen LogP contribution is 2.18. The van der Waals surface area contributed by atoms with Crippen molar-refractivity contribution in [3.63, 3.8) is 0 Å². The summed E-state index contributed by atoms with van der Waals surface area (Å²) < 4.78 is 6.45. The lowest BCUT2D eigenvalue weighted by atomic mass is 9.95. The molecule has 0 spiro atoms. The Kier molecular flexibility index (Phi) is 4.47. The number of rotatable bonds is 4. The molecule has 0 radical (unpaired) electrons. The molecule has 1 aliphatic rings. The second-order valence-corrected chi connectivity index (χ2v) is 6.22. The van der Waals surface area contributed by atoms with Gasteiger partial charge in [-0.2, -0.15) is 4.98 Å². The van der Waals surface area contributed by atoms with Gasteiger partial charge in [-0.05, 0) is 49.5 Å². The van der Waals surface area contributed by atoms with E-state index in [9.17, 15) is 0 Å². The fourth-order valence-corrected chi connectivity index (χ4v) is 3.05. The Morgan fingerprint density at radius 3 is 2.95 bits per heavy atom. The largest absolute Gasteiger partial charge is 0.339 e. The van der Waals surface area contributed by atoms with Crippen molar-refractivity contribution in [3.8, 4) is 0 Å². The Balaban J connectivity index is 1.61. The van der Waals surface area contributed by atoms with E-state index in [0.717, 1.165) is 42.1 Å². The van der Waals surface area contributed by atoms with E-state index in [-0.39, 0.29) is 0 Å². The fourth-order valence-electron chi connectivity index (χ4n) is 2.61. The van der Waals surface area contributed by atoms with E-state index in [2.05, 4.69) is 43.5 Å². The second-order valence-electron chi connectivity index (χ2n) is 5.31. The summed E-state index contributed by atoms with van der Waals surface area (Å²) in [5.74, 6) is 2.23. The van der Waals surface area contributed by atoms with Gasteiger partial charge in [0.2, 0.25) is 5.89 Å². The van der Waals surface area contributed by atoms with Crippen LogP contribution in [0.25, 0.3) is 0 Å². The average molecular weight is 336 g/mol. The van der Waals surface area contributed by atoms with Crippen LogP contribution in [0.5, 0.6) is 0 Å². The molecule has 0 saturated carbocycles. The molecule has 1 N–H and O–H groups in total. The van der Waals surface area contributed by atoms with E-state index in [1.54, 1.807) is 0 Å². The highest BCUT2D eigenvalue weighted by Gasteiger charge is 2.17. The first-order valence-electron chi connectivity index (χ1n) is 7.06. The second kappa shape index (κ2) is 6.50. The fraction of sp³-hybridized carbons (Fsp3) is 0.467. The van der Waals surface area contributed by atoms with Gasteiger partial charge in [-0.3, -0.25) is 0 Å². The monoisotopic (exact) mass is 335 g/mol. The Morgan fingerprint density at radius 2 is 2.15 bits per heavy atom. The third kappa shape index (κ3) is 3.67. The van der Waals surface area contributed by atoms with Gasteiger partial charge in [0, 0.05) is 17.3 Å². The van der Waals surface area contributed by atoms with Crippen LogP contribution in [-0.2, 0) is 12.8 Å². The lowest BCUT2D eigenvalue weighted by Gasteiger charge is -2.20. The molecule has 2 aromatic rings. The molecule has 0 bridgehead atoms. The van der Waals surface area contributed by atoms with Gasteiger partial charge in [-0.25, -0.2) is 0 Å². The van der Waals surface area contributed by atoms with Gasteiger partial charge in [0.05, 0.1) is 0 Å². The molecular weight excluding hydrogens is 318 g/mol. The average Bonchev–Trinajstić information content (AvgIpc) is 2.87. The Labute approximate surface area is 127 Å². The normalized spacial score (nSPS) is 16.4. The molecule has 20 heavy (non-hydrogen) atoms. The summed E-state index contributed by atoms with van der Waals surface area (Å²) in [5.41, 5.74) is 1.19. The minimum Gasteiger partial charge on any atom is -0.339 e. The molecular formula is C15H18BrN3O.